The highest BCUT2D eigenvalue weighted by molar-refractivity contribution is 6.23. The van der Waals surface area contributed by atoms with Crippen molar-refractivity contribution in [2.24, 2.45) is 20.7 Å². The van der Waals surface area contributed by atoms with Crippen LogP contribution in [0, 0.1) is 0 Å². The van der Waals surface area contributed by atoms with Crippen LogP contribution in [0.3, 0.4) is 0 Å². The van der Waals surface area contributed by atoms with Gasteiger partial charge < -0.3 is 0 Å². The van der Waals surface area contributed by atoms with Gasteiger partial charge in [-0.05, 0) is 10.4 Å². The summed E-state index contributed by atoms with van der Waals surface area (Å²) in [7, 11) is 0. The Morgan fingerprint density at radius 3 is 2.12 bits per heavy atom. The first-order chi connectivity index (χ1) is 3.77. The fourth-order valence-electron chi connectivity index (χ4n) is 0.338. The minimum Gasteiger partial charge on any atom is -0.118 e. The van der Waals surface area contributed by atoms with Gasteiger partial charge in [0, 0.05) is 6.42 Å². The van der Waals surface area contributed by atoms with Crippen LogP contribution in [0.25, 0.3) is 0 Å². The summed E-state index contributed by atoms with van der Waals surface area (Å²) >= 11 is 5.63. The van der Waals surface area contributed by atoms with Gasteiger partial charge in [-0.25, -0.2) is 0 Å². The first kappa shape index (κ1) is 5.62. The molecule has 4 nitrogen and oxygen atoms in total. The topological polar surface area (TPSA) is 49.4 Å². The van der Waals surface area contributed by atoms with E-state index in [0.29, 0.717) is 6.42 Å². The Morgan fingerprint density at radius 2 is 1.88 bits per heavy atom. The average molecular weight is 133 g/mol. The highest BCUT2D eigenvalue weighted by atomic mass is 35.5. The quantitative estimate of drug-likeness (QED) is 0.388. The highest BCUT2D eigenvalue weighted by Gasteiger charge is 2.26. The van der Waals surface area contributed by atoms with Gasteiger partial charge in [-0.3, -0.25) is 0 Å². The lowest BCUT2D eigenvalue weighted by molar-refractivity contribution is 0.603. The molecule has 0 fully saturated rings. The van der Waals surface area contributed by atoms with E-state index in [1.165, 1.54) is 0 Å². The second-order valence-corrected chi connectivity index (χ2v) is 2.06. The van der Waals surface area contributed by atoms with E-state index in [9.17, 15) is 0 Å². The molecule has 1 aliphatic rings. The molecule has 0 saturated heterocycles. The van der Waals surface area contributed by atoms with Crippen molar-refractivity contribution in [1.29, 1.82) is 0 Å². The van der Waals surface area contributed by atoms with Gasteiger partial charge in [0.1, 0.15) is 0 Å². The van der Waals surface area contributed by atoms with E-state index in [1.54, 1.807) is 0 Å². The second-order valence-electron chi connectivity index (χ2n) is 1.45. The average Bonchev–Trinajstić information content (AvgIpc) is 2.17. The molecule has 0 radical (unpaired) electrons. The number of halogens is 1. The Labute approximate surface area is 51.6 Å². The highest BCUT2D eigenvalue weighted by Crippen LogP contribution is 2.27. The molecule has 44 valence electrons. The van der Waals surface area contributed by atoms with Gasteiger partial charge in [0.25, 0.3) is 5.12 Å². The molecule has 0 unspecified atom stereocenters. The number of rotatable bonds is 1. The molecule has 0 saturated carbocycles. The summed E-state index contributed by atoms with van der Waals surface area (Å²) < 4.78 is 0. The van der Waals surface area contributed by atoms with Crippen molar-refractivity contribution in [3.63, 3.8) is 0 Å². The van der Waals surface area contributed by atoms with Crippen molar-refractivity contribution in [3.8, 4) is 0 Å². The van der Waals surface area contributed by atoms with Gasteiger partial charge in [0.15, 0.2) is 0 Å². The van der Waals surface area contributed by atoms with E-state index in [0.717, 1.165) is 0 Å². The van der Waals surface area contributed by atoms with Gasteiger partial charge in [0.2, 0.25) is 0 Å². The number of hydrogen-bond acceptors (Lipinski definition) is 4. The Balaban J connectivity index is 2.69. The van der Waals surface area contributed by atoms with Crippen LogP contribution in [0.1, 0.15) is 13.3 Å². The molecule has 0 atom stereocenters. The molecular formula is C3H5ClN4. The molecule has 0 spiro atoms. The van der Waals surface area contributed by atoms with E-state index in [4.69, 9.17) is 11.6 Å². The molecule has 0 amide bonds. The third kappa shape index (κ3) is 0.838. The van der Waals surface area contributed by atoms with E-state index in [2.05, 4.69) is 20.7 Å². The molecule has 1 aliphatic heterocycles. The molecule has 1 rings (SSSR count). The van der Waals surface area contributed by atoms with Crippen molar-refractivity contribution >= 4 is 11.6 Å². The maximum atomic E-state index is 5.63. The zero-order valence-electron chi connectivity index (χ0n) is 4.37. The van der Waals surface area contributed by atoms with E-state index in [-0.39, 0.29) is 0 Å². The van der Waals surface area contributed by atoms with Crippen molar-refractivity contribution in [2.45, 2.75) is 18.5 Å². The molecule has 0 N–H and O–H groups in total. The van der Waals surface area contributed by atoms with Crippen LogP contribution in [-0.4, -0.2) is 5.12 Å². The van der Waals surface area contributed by atoms with Crippen LogP contribution in [0.15, 0.2) is 20.7 Å². The third-order valence-corrected chi connectivity index (χ3v) is 1.30. The van der Waals surface area contributed by atoms with Gasteiger partial charge >= 0.3 is 0 Å². The molecule has 0 bridgehead atoms. The van der Waals surface area contributed by atoms with Crippen LogP contribution >= 0.6 is 11.6 Å². The standard InChI is InChI=1S/C3H5ClN4/c1-2-3(4)5-7-8-6-3/h2H2,1H3. The Kier molecular flexibility index (Phi) is 1.25. The molecule has 0 aromatic rings. The van der Waals surface area contributed by atoms with E-state index < -0.39 is 5.12 Å². The molecule has 5 heteroatoms. The maximum absolute atomic E-state index is 5.63. The Morgan fingerprint density at radius 1 is 1.38 bits per heavy atom. The van der Waals surface area contributed by atoms with Crippen molar-refractivity contribution in [3.05, 3.63) is 0 Å². The normalized spacial score (nSPS) is 22.2. The summed E-state index contributed by atoms with van der Waals surface area (Å²) in [4.78, 5) is 0. The Hall–Kier alpha value is -0.510. The van der Waals surface area contributed by atoms with Crippen molar-refractivity contribution in [1.82, 2.24) is 0 Å². The van der Waals surface area contributed by atoms with Crippen LogP contribution in [0.4, 0.5) is 0 Å². The molecule has 0 aromatic heterocycles. The monoisotopic (exact) mass is 132 g/mol. The predicted octanol–water partition coefficient (Wildman–Crippen LogP) is 2.12. The molecule has 0 aliphatic carbocycles. The van der Waals surface area contributed by atoms with Crippen LogP contribution in [0.2, 0.25) is 0 Å². The lowest BCUT2D eigenvalue weighted by Crippen LogP contribution is -2.08. The van der Waals surface area contributed by atoms with E-state index >= 15 is 0 Å². The molecule has 8 heavy (non-hydrogen) atoms. The number of alkyl halides is 1. The summed E-state index contributed by atoms with van der Waals surface area (Å²) in [5, 5.41) is 12.7. The minimum absolute atomic E-state index is 0.627. The second kappa shape index (κ2) is 1.78. The van der Waals surface area contributed by atoms with Gasteiger partial charge in [-0.2, -0.15) is 0 Å². The maximum Gasteiger partial charge on any atom is 0.267 e. The van der Waals surface area contributed by atoms with Crippen LogP contribution in [0.5, 0.6) is 0 Å². The third-order valence-electron chi connectivity index (χ3n) is 0.886. The zero-order valence-corrected chi connectivity index (χ0v) is 5.13. The van der Waals surface area contributed by atoms with Gasteiger partial charge in [0.05, 0.1) is 0 Å². The molecule has 0 aromatic carbocycles. The fraction of sp³-hybridized carbons (Fsp3) is 1.00. The van der Waals surface area contributed by atoms with Crippen LogP contribution < -0.4 is 0 Å². The zero-order chi connectivity index (χ0) is 6.04. The lowest BCUT2D eigenvalue weighted by atomic mass is 10.4. The lowest BCUT2D eigenvalue weighted by Gasteiger charge is -2.03. The minimum atomic E-state index is -0.875. The van der Waals surface area contributed by atoms with Gasteiger partial charge in [-0.1, -0.05) is 18.5 Å². The van der Waals surface area contributed by atoms with Crippen molar-refractivity contribution in [2.75, 3.05) is 0 Å². The molecule has 1 heterocycles. The molecular weight excluding hydrogens is 128 g/mol. The SMILES string of the molecule is CCC1(Cl)N=NN=N1. The van der Waals surface area contributed by atoms with Crippen molar-refractivity contribution < 1.29 is 0 Å². The number of nitrogens with zero attached hydrogens (tertiary/aromatic N) is 4. The fourth-order valence-corrected chi connectivity index (χ4v) is 0.406. The van der Waals surface area contributed by atoms with Crippen LogP contribution in [-0.2, 0) is 0 Å². The largest absolute Gasteiger partial charge is 0.267 e. The first-order valence-electron chi connectivity index (χ1n) is 2.30. The van der Waals surface area contributed by atoms with E-state index in [1.807, 2.05) is 6.92 Å². The predicted molar refractivity (Wildman–Crippen MR) is 28.6 cm³/mol. The Bertz CT molecular complexity index is 128. The van der Waals surface area contributed by atoms with Gasteiger partial charge in [-0.15, -0.1) is 10.2 Å². The summed E-state index contributed by atoms with van der Waals surface area (Å²) in [6.45, 7) is 1.87. The summed E-state index contributed by atoms with van der Waals surface area (Å²) in [6, 6.07) is 0. The number of hydrogen-bond donors (Lipinski definition) is 0. The summed E-state index contributed by atoms with van der Waals surface area (Å²) in [5.41, 5.74) is 0. The smallest absolute Gasteiger partial charge is 0.118 e. The first-order valence-corrected chi connectivity index (χ1v) is 2.67. The summed E-state index contributed by atoms with van der Waals surface area (Å²) in [6.07, 6.45) is 0.627. The summed E-state index contributed by atoms with van der Waals surface area (Å²) in [5.74, 6) is 0.